The Balaban J connectivity index is 1.73. The second kappa shape index (κ2) is 5.34. The predicted molar refractivity (Wildman–Crippen MR) is 90.5 cm³/mol. The molecule has 25 heavy (non-hydrogen) atoms. The van der Waals surface area contributed by atoms with Gasteiger partial charge in [-0.2, -0.15) is 0 Å². The Labute approximate surface area is 148 Å². The molecule has 0 bridgehead atoms. The molecule has 7 atom stereocenters. The summed E-state index contributed by atoms with van der Waals surface area (Å²) >= 11 is 0. The molecule has 1 aliphatic heterocycles. The summed E-state index contributed by atoms with van der Waals surface area (Å²) < 4.78 is 10.8. The number of carbonyl (C=O) groups is 1. The summed E-state index contributed by atoms with van der Waals surface area (Å²) in [7, 11) is 0. The lowest BCUT2D eigenvalue weighted by Gasteiger charge is -2.61. The van der Waals surface area contributed by atoms with Crippen molar-refractivity contribution in [3.05, 3.63) is 24.2 Å². The summed E-state index contributed by atoms with van der Waals surface area (Å²) in [5.41, 5.74) is -1.35. The fourth-order valence-corrected chi connectivity index (χ4v) is 6.31. The number of aliphatic hydroxyl groups is 2. The van der Waals surface area contributed by atoms with E-state index >= 15 is 0 Å². The van der Waals surface area contributed by atoms with Crippen LogP contribution in [-0.2, 0) is 9.53 Å². The molecular formula is C20H28O5. The standard InChI is InChI=1S/C20H28O5/c1-12-9-15-16-18(2,17(22)25-15)6-4-7-19(16,3)20(12,23)10-14(21)13-5-8-24-11-13/h5,8,11-12,14-16,21,23H,4,6-7,9-10H2,1-3H3/t12-,14?,15-,16?,18+,19-,20?/m1/s1. The Kier molecular flexibility index (Phi) is 3.65. The van der Waals surface area contributed by atoms with Crippen LogP contribution in [0.2, 0.25) is 0 Å². The number of aliphatic hydroxyl groups excluding tert-OH is 1. The highest BCUT2D eigenvalue weighted by Gasteiger charge is 2.71. The molecule has 138 valence electrons. The van der Waals surface area contributed by atoms with Crippen LogP contribution < -0.4 is 0 Å². The van der Waals surface area contributed by atoms with Crippen molar-refractivity contribution >= 4 is 5.97 Å². The summed E-state index contributed by atoms with van der Waals surface area (Å²) in [6, 6.07) is 1.74. The van der Waals surface area contributed by atoms with Crippen molar-refractivity contribution in [2.24, 2.45) is 22.7 Å². The number of ether oxygens (including phenoxy) is 1. The van der Waals surface area contributed by atoms with Gasteiger partial charge in [0.25, 0.3) is 0 Å². The molecule has 3 unspecified atom stereocenters. The maximum absolute atomic E-state index is 12.6. The average Bonchev–Trinajstić information content (AvgIpc) is 3.14. The zero-order valence-corrected chi connectivity index (χ0v) is 15.2. The molecule has 2 heterocycles. The second-order valence-corrected chi connectivity index (χ2v) is 8.95. The highest BCUT2D eigenvalue weighted by atomic mass is 16.6. The van der Waals surface area contributed by atoms with E-state index in [-0.39, 0.29) is 30.3 Å². The fourth-order valence-electron chi connectivity index (χ4n) is 6.31. The normalized spacial score (nSPS) is 47.2. The largest absolute Gasteiger partial charge is 0.472 e. The van der Waals surface area contributed by atoms with Crippen LogP contribution in [0.3, 0.4) is 0 Å². The lowest BCUT2D eigenvalue weighted by atomic mass is 9.44. The summed E-state index contributed by atoms with van der Waals surface area (Å²) in [5, 5.41) is 22.6. The van der Waals surface area contributed by atoms with E-state index in [4.69, 9.17) is 9.15 Å². The van der Waals surface area contributed by atoms with E-state index in [2.05, 4.69) is 6.92 Å². The van der Waals surface area contributed by atoms with Gasteiger partial charge in [0.1, 0.15) is 6.10 Å². The number of esters is 1. The predicted octanol–water partition coefficient (Wildman–Crippen LogP) is 3.21. The number of hydrogen-bond acceptors (Lipinski definition) is 5. The van der Waals surface area contributed by atoms with E-state index < -0.39 is 22.5 Å². The first-order valence-corrected chi connectivity index (χ1v) is 9.36. The first-order chi connectivity index (χ1) is 11.7. The molecule has 0 spiro atoms. The van der Waals surface area contributed by atoms with Gasteiger partial charge < -0.3 is 19.4 Å². The van der Waals surface area contributed by atoms with Gasteiger partial charge in [-0.3, -0.25) is 4.79 Å². The van der Waals surface area contributed by atoms with Crippen molar-refractivity contribution in [2.45, 2.75) is 70.7 Å². The van der Waals surface area contributed by atoms with E-state index in [1.54, 1.807) is 6.07 Å². The number of rotatable bonds is 3. The molecule has 1 saturated heterocycles. The van der Waals surface area contributed by atoms with Crippen LogP contribution >= 0.6 is 0 Å². The molecule has 0 radical (unpaired) electrons. The molecule has 3 aliphatic rings. The van der Waals surface area contributed by atoms with Gasteiger partial charge in [0.2, 0.25) is 0 Å². The van der Waals surface area contributed by atoms with Crippen molar-refractivity contribution in [1.29, 1.82) is 0 Å². The quantitative estimate of drug-likeness (QED) is 0.820. The van der Waals surface area contributed by atoms with Gasteiger partial charge in [-0.15, -0.1) is 0 Å². The smallest absolute Gasteiger partial charge is 0.312 e. The molecule has 3 fully saturated rings. The molecule has 0 aromatic carbocycles. The molecule has 2 N–H and O–H groups in total. The third-order valence-corrected chi connectivity index (χ3v) is 7.68. The van der Waals surface area contributed by atoms with Crippen LogP contribution in [0.4, 0.5) is 0 Å². The molecule has 5 heteroatoms. The van der Waals surface area contributed by atoms with Crippen molar-refractivity contribution in [1.82, 2.24) is 0 Å². The first kappa shape index (κ1) is 17.1. The van der Waals surface area contributed by atoms with E-state index in [0.29, 0.717) is 12.0 Å². The molecule has 2 aliphatic carbocycles. The Morgan fingerprint density at radius 3 is 2.80 bits per heavy atom. The average molecular weight is 348 g/mol. The summed E-state index contributed by atoms with van der Waals surface area (Å²) in [4.78, 5) is 12.6. The second-order valence-electron chi connectivity index (χ2n) is 8.95. The van der Waals surface area contributed by atoms with Gasteiger partial charge in [0.15, 0.2) is 0 Å². The minimum atomic E-state index is -1.06. The van der Waals surface area contributed by atoms with Crippen molar-refractivity contribution in [2.75, 3.05) is 0 Å². The Morgan fingerprint density at radius 2 is 2.12 bits per heavy atom. The van der Waals surface area contributed by atoms with Crippen LogP contribution in [-0.4, -0.2) is 27.9 Å². The molecule has 0 amide bonds. The van der Waals surface area contributed by atoms with Crippen LogP contribution in [0.5, 0.6) is 0 Å². The molecule has 2 saturated carbocycles. The van der Waals surface area contributed by atoms with Crippen molar-refractivity contribution < 1.29 is 24.2 Å². The van der Waals surface area contributed by atoms with E-state index in [0.717, 1.165) is 19.3 Å². The lowest BCUT2D eigenvalue weighted by molar-refractivity contribution is -0.226. The molecular weight excluding hydrogens is 320 g/mol. The lowest BCUT2D eigenvalue weighted by Crippen LogP contribution is -2.65. The van der Waals surface area contributed by atoms with Crippen molar-refractivity contribution in [3.63, 3.8) is 0 Å². The molecule has 1 aromatic rings. The fraction of sp³-hybridized carbons (Fsp3) is 0.750. The molecule has 4 rings (SSSR count). The third-order valence-electron chi connectivity index (χ3n) is 7.68. The van der Waals surface area contributed by atoms with Crippen LogP contribution in [0.15, 0.2) is 23.0 Å². The van der Waals surface area contributed by atoms with E-state index in [1.165, 1.54) is 12.5 Å². The van der Waals surface area contributed by atoms with Gasteiger partial charge in [0.05, 0.1) is 29.6 Å². The van der Waals surface area contributed by atoms with Gasteiger partial charge in [-0.1, -0.05) is 20.3 Å². The first-order valence-electron chi connectivity index (χ1n) is 9.36. The van der Waals surface area contributed by atoms with Gasteiger partial charge >= 0.3 is 5.97 Å². The van der Waals surface area contributed by atoms with Crippen LogP contribution in [0.25, 0.3) is 0 Å². The van der Waals surface area contributed by atoms with Gasteiger partial charge in [-0.05, 0) is 38.2 Å². The topological polar surface area (TPSA) is 79.9 Å². The maximum Gasteiger partial charge on any atom is 0.312 e. The zero-order chi connectivity index (χ0) is 18.0. The third kappa shape index (κ3) is 2.12. The molecule has 5 nitrogen and oxygen atoms in total. The summed E-state index contributed by atoms with van der Waals surface area (Å²) in [6.07, 6.45) is 5.60. The number of furan rings is 1. The number of carbonyl (C=O) groups excluding carboxylic acids is 1. The minimum Gasteiger partial charge on any atom is -0.472 e. The minimum absolute atomic E-state index is 0.000926. The van der Waals surface area contributed by atoms with Crippen molar-refractivity contribution in [3.8, 4) is 0 Å². The Hall–Kier alpha value is -1.33. The molecule has 1 aromatic heterocycles. The summed E-state index contributed by atoms with van der Waals surface area (Å²) in [5.74, 6) is -0.173. The van der Waals surface area contributed by atoms with Crippen LogP contribution in [0, 0.1) is 22.7 Å². The van der Waals surface area contributed by atoms with Gasteiger partial charge in [-0.25, -0.2) is 0 Å². The highest BCUT2D eigenvalue weighted by molar-refractivity contribution is 5.80. The Bertz CT molecular complexity index is 670. The summed E-state index contributed by atoms with van der Waals surface area (Å²) in [6.45, 7) is 6.11. The maximum atomic E-state index is 12.6. The van der Waals surface area contributed by atoms with Crippen LogP contribution in [0.1, 0.15) is 64.5 Å². The number of hydrogen-bond donors (Lipinski definition) is 2. The van der Waals surface area contributed by atoms with E-state index in [9.17, 15) is 15.0 Å². The Morgan fingerprint density at radius 1 is 1.36 bits per heavy atom. The SMILES string of the molecule is C[C@@H]1C[C@H]2OC(=O)[C@@]3(C)CCC[C@](C)(C23)C1(O)CC(O)c1ccoc1. The monoisotopic (exact) mass is 348 g/mol. The van der Waals surface area contributed by atoms with E-state index in [1.807, 2.05) is 13.8 Å². The highest BCUT2D eigenvalue weighted by Crippen LogP contribution is 2.67. The van der Waals surface area contributed by atoms with Gasteiger partial charge in [0, 0.05) is 23.3 Å². The zero-order valence-electron chi connectivity index (χ0n) is 15.2.